The van der Waals surface area contributed by atoms with Gasteiger partial charge in [-0.05, 0) is 159 Å². The van der Waals surface area contributed by atoms with Gasteiger partial charge >= 0.3 is 0 Å². The normalized spacial score (nSPS) is 26.9. The van der Waals surface area contributed by atoms with Gasteiger partial charge in [0.25, 0.3) is 0 Å². The molecule has 0 saturated heterocycles. The summed E-state index contributed by atoms with van der Waals surface area (Å²) in [6.45, 7) is 6.19. The Kier molecular flexibility index (Phi) is 12.0. The van der Waals surface area contributed by atoms with Crippen molar-refractivity contribution in [3.8, 4) is 11.1 Å². The summed E-state index contributed by atoms with van der Waals surface area (Å²) < 4.78 is 52.8. The van der Waals surface area contributed by atoms with Crippen LogP contribution in [0.15, 0.2) is 73.3 Å². The predicted molar refractivity (Wildman–Crippen MR) is 178 cm³/mol. The van der Waals surface area contributed by atoms with Crippen LogP contribution >= 0.6 is 0 Å². The van der Waals surface area contributed by atoms with Crippen LogP contribution in [0.5, 0.6) is 0 Å². The Bertz CT molecular complexity index is 1350. The Morgan fingerprint density at radius 3 is 1.60 bits per heavy atom. The zero-order valence-electron chi connectivity index (χ0n) is 26.9. The van der Waals surface area contributed by atoms with Gasteiger partial charge in [-0.2, -0.15) is 0 Å². The van der Waals surface area contributed by atoms with Crippen molar-refractivity contribution in [3.63, 3.8) is 0 Å². The Balaban J connectivity index is 0.000000178. The third-order valence-electron chi connectivity index (χ3n) is 11.2. The largest absolute Gasteiger partial charge is 0.204 e. The summed E-state index contributed by atoms with van der Waals surface area (Å²) in [5.41, 5.74) is 4.02. The molecule has 3 saturated carbocycles. The van der Waals surface area contributed by atoms with Crippen molar-refractivity contribution < 1.29 is 17.6 Å². The van der Waals surface area contributed by atoms with E-state index in [-0.39, 0.29) is 0 Å². The molecule has 0 unspecified atom stereocenters. The number of hydrogen-bond donors (Lipinski definition) is 0. The van der Waals surface area contributed by atoms with Gasteiger partial charge in [0.1, 0.15) is 0 Å². The van der Waals surface area contributed by atoms with Crippen molar-refractivity contribution in [1.82, 2.24) is 0 Å². The lowest BCUT2D eigenvalue weighted by Gasteiger charge is -2.37. The Morgan fingerprint density at radius 1 is 0.556 bits per heavy atom. The molecule has 3 aliphatic rings. The molecule has 0 atom stereocenters. The van der Waals surface area contributed by atoms with Crippen LogP contribution in [0.25, 0.3) is 11.1 Å². The molecule has 242 valence electrons. The number of allylic oxidation sites excluding steroid dienone is 1. The first-order chi connectivity index (χ1) is 21.8. The van der Waals surface area contributed by atoms with Crippen molar-refractivity contribution in [2.75, 3.05) is 0 Å². The first kappa shape index (κ1) is 33.5. The van der Waals surface area contributed by atoms with Crippen LogP contribution in [0.2, 0.25) is 0 Å². The highest BCUT2D eigenvalue weighted by molar-refractivity contribution is 5.63. The molecule has 6 rings (SSSR count). The molecular weight excluding hydrogens is 568 g/mol. The van der Waals surface area contributed by atoms with Gasteiger partial charge in [-0.1, -0.05) is 62.2 Å². The summed E-state index contributed by atoms with van der Waals surface area (Å²) in [6.07, 6.45) is 20.0. The van der Waals surface area contributed by atoms with E-state index in [0.29, 0.717) is 11.8 Å². The van der Waals surface area contributed by atoms with E-state index in [9.17, 15) is 17.6 Å². The zero-order valence-corrected chi connectivity index (χ0v) is 26.9. The molecule has 0 aliphatic heterocycles. The van der Waals surface area contributed by atoms with Crippen LogP contribution in [-0.2, 0) is 0 Å². The molecule has 0 radical (unpaired) electrons. The van der Waals surface area contributed by atoms with Gasteiger partial charge in [-0.15, -0.1) is 6.58 Å². The summed E-state index contributed by atoms with van der Waals surface area (Å²) in [7, 11) is 0. The number of halogens is 4. The zero-order chi connectivity index (χ0) is 31.8. The van der Waals surface area contributed by atoms with Gasteiger partial charge in [-0.3, -0.25) is 0 Å². The van der Waals surface area contributed by atoms with E-state index >= 15 is 0 Å². The van der Waals surface area contributed by atoms with Gasteiger partial charge in [0.05, 0.1) is 0 Å². The van der Waals surface area contributed by atoms with Crippen LogP contribution < -0.4 is 0 Å². The van der Waals surface area contributed by atoms with Gasteiger partial charge in [-0.25, -0.2) is 17.6 Å². The van der Waals surface area contributed by atoms with E-state index in [1.807, 2.05) is 12.1 Å². The topological polar surface area (TPSA) is 0 Å². The van der Waals surface area contributed by atoms with Gasteiger partial charge in [0, 0.05) is 0 Å². The molecule has 3 fully saturated rings. The summed E-state index contributed by atoms with van der Waals surface area (Å²) in [5.74, 6) is 1.40. The van der Waals surface area contributed by atoms with Crippen molar-refractivity contribution in [2.24, 2.45) is 23.7 Å². The monoisotopic (exact) mass is 618 g/mol. The summed E-state index contributed by atoms with van der Waals surface area (Å²) in [5, 5.41) is 0. The van der Waals surface area contributed by atoms with Crippen molar-refractivity contribution in [2.45, 2.75) is 109 Å². The highest BCUT2D eigenvalue weighted by Crippen LogP contribution is 2.44. The molecule has 3 aromatic rings. The van der Waals surface area contributed by atoms with E-state index < -0.39 is 23.3 Å². The van der Waals surface area contributed by atoms with Gasteiger partial charge in [0.15, 0.2) is 23.3 Å². The predicted octanol–water partition coefficient (Wildman–Crippen LogP) is 12.9. The lowest BCUT2D eigenvalue weighted by atomic mass is 9.68. The molecule has 0 bridgehead atoms. The van der Waals surface area contributed by atoms with Crippen LogP contribution in [0.4, 0.5) is 17.6 Å². The molecular formula is C41H50F4. The molecule has 0 spiro atoms. The summed E-state index contributed by atoms with van der Waals surface area (Å²) in [6, 6.07) is 16.9. The van der Waals surface area contributed by atoms with Crippen LogP contribution in [0.1, 0.15) is 120 Å². The van der Waals surface area contributed by atoms with Gasteiger partial charge < -0.3 is 0 Å². The Morgan fingerprint density at radius 2 is 1.04 bits per heavy atom. The molecule has 0 aromatic heterocycles. The fourth-order valence-electron chi connectivity index (χ4n) is 8.36. The molecule has 3 aliphatic carbocycles. The lowest BCUT2D eigenvalue weighted by molar-refractivity contribution is 0.171. The standard InChI is InChI=1S/C21H24F2.C20H26F2/c1-2-3-15-4-6-16(7-5-15)17-8-10-18(11-9-17)19-12-13-20(22)21(23)14-19;1-2-14-3-5-15(6-4-14)16-7-9-17(10-8-16)18-11-12-19(21)20(22)13-18/h8-16H,2-7H2,1H3;2,11-17H,1,3-10H2. The van der Waals surface area contributed by atoms with E-state index in [1.54, 1.807) is 12.1 Å². The minimum atomic E-state index is -0.797. The SMILES string of the molecule is C=CC1CCC(C2CCC(c3ccc(F)c(F)c3)CC2)CC1.CCCC1CCC(c2ccc(-c3ccc(F)c(F)c3)cc2)CC1. The van der Waals surface area contributed by atoms with Crippen LogP contribution in [-0.4, -0.2) is 0 Å². The maximum atomic E-state index is 13.4. The summed E-state index contributed by atoms with van der Waals surface area (Å²) in [4.78, 5) is 0. The average molecular weight is 619 g/mol. The summed E-state index contributed by atoms with van der Waals surface area (Å²) >= 11 is 0. The first-order valence-corrected chi connectivity index (χ1v) is 17.5. The third-order valence-corrected chi connectivity index (χ3v) is 11.2. The van der Waals surface area contributed by atoms with E-state index in [2.05, 4.69) is 31.7 Å². The third kappa shape index (κ3) is 8.89. The smallest absolute Gasteiger partial charge is 0.159 e. The molecule has 0 nitrogen and oxygen atoms in total. The number of benzene rings is 3. The maximum absolute atomic E-state index is 13.4. The second-order valence-corrected chi connectivity index (χ2v) is 14.0. The quantitative estimate of drug-likeness (QED) is 0.183. The Hall–Kier alpha value is -2.88. The fourth-order valence-corrected chi connectivity index (χ4v) is 8.36. The highest BCUT2D eigenvalue weighted by atomic mass is 19.2. The van der Waals surface area contributed by atoms with Gasteiger partial charge in [0.2, 0.25) is 0 Å². The van der Waals surface area contributed by atoms with Crippen LogP contribution in [0, 0.1) is 46.9 Å². The lowest BCUT2D eigenvalue weighted by Crippen LogP contribution is -2.25. The second-order valence-electron chi connectivity index (χ2n) is 14.0. The second kappa shape index (κ2) is 16.1. The number of rotatable bonds is 7. The Labute approximate surface area is 268 Å². The molecule has 3 aromatic carbocycles. The van der Waals surface area contributed by atoms with E-state index in [1.165, 1.54) is 107 Å². The molecule has 4 heteroatoms. The first-order valence-electron chi connectivity index (χ1n) is 17.5. The van der Waals surface area contributed by atoms with E-state index in [0.717, 1.165) is 53.2 Å². The molecule has 0 N–H and O–H groups in total. The van der Waals surface area contributed by atoms with Crippen molar-refractivity contribution in [1.29, 1.82) is 0 Å². The molecule has 0 amide bonds. The van der Waals surface area contributed by atoms with Crippen molar-refractivity contribution >= 4 is 0 Å². The molecule has 0 heterocycles. The fraction of sp³-hybridized carbons (Fsp3) is 0.512. The minimum absolute atomic E-state index is 0.413. The molecule has 45 heavy (non-hydrogen) atoms. The highest BCUT2D eigenvalue weighted by Gasteiger charge is 2.31. The van der Waals surface area contributed by atoms with Crippen molar-refractivity contribution in [3.05, 3.63) is 108 Å². The van der Waals surface area contributed by atoms with Crippen LogP contribution in [0.3, 0.4) is 0 Å². The average Bonchev–Trinajstić information content (AvgIpc) is 3.08. The maximum Gasteiger partial charge on any atom is 0.159 e. The minimum Gasteiger partial charge on any atom is -0.204 e. The van der Waals surface area contributed by atoms with E-state index in [4.69, 9.17) is 0 Å². The number of hydrogen-bond acceptors (Lipinski definition) is 0.